The maximum Gasteiger partial charge on any atom is 0.222 e. The van der Waals surface area contributed by atoms with Gasteiger partial charge in [-0.05, 0) is 22.0 Å². The summed E-state index contributed by atoms with van der Waals surface area (Å²) >= 11 is 3.31. The van der Waals surface area contributed by atoms with Crippen molar-refractivity contribution < 1.29 is 14.6 Å². The zero-order valence-electron chi connectivity index (χ0n) is 11.7. The number of benzene rings is 1. The van der Waals surface area contributed by atoms with Crippen molar-refractivity contribution >= 4 is 27.7 Å². The number of halogens is 1. The van der Waals surface area contributed by atoms with Gasteiger partial charge in [-0.1, -0.05) is 0 Å². The number of hydrogen-bond acceptors (Lipinski definition) is 8. The number of anilines is 2. The summed E-state index contributed by atoms with van der Waals surface area (Å²) in [6.07, 6.45) is 0. The number of ether oxygens (including phenoxy) is 2. The number of phenols is 1. The molecule has 0 atom stereocenters. The van der Waals surface area contributed by atoms with Crippen LogP contribution in [0.3, 0.4) is 0 Å². The summed E-state index contributed by atoms with van der Waals surface area (Å²) in [5.41, 5.74) is 11.6. The van der Waals surface area contributed by atoms with Gasteiger partial charge >= 0.3 is 0 Å². The Kier molecular flexibility index (Phi) is 4.23. The molecule has 0 saturated heterocycles. The first kappa shape index (κ1) is 15.7. The number of phenolic OH excluding ortho intramolecular Hbond substituents is 1. The summed E-state index contributed by atoms with van der Waals surface area (Å²) in [4.78, 5) is 7.73. The van der Waals surface area contributed by atoms with Crippen molar-refractivity contribution in [2.75, 3.05) is 25.7 Å². The SMILES string of the molecule is COc1c(Br)cc(-c2nc(N)nc(N)c2C#N)c(O)c1OC. The molecule has 0 amide bonds. The van der Waals surface area contributed by atoms with Crippen LogP contribution < -0.4 is 20.9 Å². The Morgan fingerprint density at radius 2 is 1.86 bits per heavy atom. The third-order valence-corrected chi connectivity index (χ3v) is 3.48. The smallest absolute Gasteiger partial charge is 0.222 e. The van der Waals surface area contributed by atoms with Crippen LogP contribution in [0.1, 0.15) is 5.56 Å². The molecule has 0 bridgehead atoms. The lowest BCUT2D eigenvalue weighted by Crippen LogP contribution is -2.05. The van der Waals surface area contributed by atoms with E-state index in [1.54, 1.807) is 0 Å². The minimum atomic E-state index is -0.253. The maximum absolute atomic E-state index is 10.4. The molecule has 1 aromatic carbocycles. The van der Waals surface area contributed by atoms with Crippen molar-refractivity contribution in [2.24, 2.45) is 0 Å². The predicted molar refractivity (Wildman–Crippen MR) is 83.5 cm³/mol. The molecule has 22 heavy (non-hydrogen) atoms. The number of nitrogen functional groups attached to an aromatic ring is 2. The zero-order valence-corrected chi connectivity index (χ0v) is 13.3. The fourth-order valence-corrected chi connectivity index (χ4v) is 2.53. The lowest BCUT2D eigenvalue weighted by molar-refractivity contribution is 0.332. The van der Waals surface area contributed by atoms with E-state index in [0.717, 1.165) is 0 Å². The molecule has 0 radical (unpaired) electrons. The van der Waals surface area contributed by atoms with Gasteiger partial charge in [0, 0.05) is 5.56 Å². The van der Waals surface area contributed by atoms with Crippen LogP contribution in [-0.2, 0) is 0 Å². The van der Waals surface area contributed by atoms with Gasteiger partial charge in [0.05, 0.1) is 24.4 Å². The van der Waals surface area contributed by atoms with Gasteiger partial charge < -0.3 is 26.0 Å². The van der Waals surface area contributed by atoms with E-state index >= 15 is 0 Å². The Hall–Kier alpha value is -2.73. The molecule has 0 spiro atoms. The summed E-state index contributed by atoms with van der Waals surface area (Å²) < 4.78 is 10.8. The maximum atomic E-state index is 10.4. The van der Waals surface area contributed by atoms with Crippen molar-refractivity contribution in [1.82, 2.24) is 9.97 Å². The van der Waals surface area contributed by atoms with E-state index in [0.29, 0.717) is 10.2 Å². The van der Waals surface area contributed by atoms with Crippen molar-refractivity contribution in [2.45, 2.75) is 0 Å². The highest BCUT2D eigenvalue weighted by Gasteiger charge is 2.23. The highest BCUT2D eigenvalue weighted by atomic mass is 79.9. The molecule has 0 aliphatic rings. The number of rotatable bonds is 3. The highest BCUT2D eigenvalue weighted by molar-refractivity contribution is 9.10. The Morgan fingerprint density at radius 1 is 1.23 bits per heavy atom. The first-order valence-corrected chi connectivity index (χ1v) is 6.70. The number of aromatic nitrogens is 2. The number of nitrogens with zero attached hydrogens (tertiary/aromatic N) is 3. The molecular formula is C13H12BrN5O3. The Labute approximate surface area is 134 Å². The molecule has 1 heterocycles. The molecular weight excluding hydrogens is 354 g/mol. The summed E-state index contributed by atoms with van der Waals surface area (Å²) in [6, 6.07) is 3.42. The molecule has 0 fully saturated rings. The molecule has 0 aliphatic carbocycles. The van der Waals surface area contributed by atoms with E-state index in [1.165, 1.54) is 20.3 Å². The van der Waals surface area contributed by atoms with Crippen molar-refractivity contribution in [1.29, 1.82) is 5.26 Å². The number of aromatic hydroxyl groups is 1. The summed E-state index contributed by atoms with van der Waals surface area (Å²) in [5, 5.41) is 19.6. The molecule has 1 aromatic heterocycles. The fraction of sp³-hybridized carbons (Fsp3) is 0.154. The van der Waals surface area contributed by atoms with Crippen molar-refractivity contribution in [3.05, 3.63) is 16.1 Å². The fourth-order valence-electron chi connectivity index (χ4n) is 1.96. The van der Waals surface area contributed by atoms with Crippen LogP contribution in [-0.4, -0.2) is 29.3 Å². The largest absolute Gasteiger partial charge is 0.504 e. The van der Waals surface area contributed by atoms with Crippen LogP contribution >= 0.6 is 15.9 Å². The lowest BCUT2D eigenvalue weighted by atomic mass is 10.0. The standard InChI is InChI=1S/C13H12BrN5O3/c1-21-10-7(14)3-5(9(20)11(10)22-2)8-6(4-15)12(16)19-13(17)18-8/h3,20H,1-2H3,(H4,16,17,18,19). The number of nitrogens with two attached hydrogens (primary N) is 2. The second-order valence-electron chi connectivity index (χ2n) is 4.12. The molecule has 0 unspecified atom stereocenters. The molecule has 0 saturated carbocycles. The predicted octanol–water partition coefficient (Wildman–Crippen LogP) is 1.66. The van der Waals surface area contributed by atoms with E-state index in [4.69, 9.17) is 20.9 Å². The zero-order chi connectivity index (χ0) is 16.4. The molecule has 9 heteroatoms. The molecule has 5 N–H and O–H groups in total. The van der Waals surface area contributed by atoms with Crippen LogP contribution in [0.15, 0.2) is 10.5 Å². The number of hydrogen-bond donors (Lipinski definition) is 3. The molecule has 2 rings (SSSR count). The Morgan fingerprint density at radius 3 is 2.41 bits per heavy atom. The topological polar surface area (TPSA) is 140 Å². The summed E-state index contributed by atoms with van der Waals surface area (Å²) in [5.74, 6) is -0.0487. The van der Waals surface area contributed by atoms with E-state index in [2.05, 4.69) is 25.9 Å². The van der Waals surface area contributed by atoms with E-state index in [9.17, 15) is 10.4 Å². The first-order chi connectivity index (χ1) is 10.4. The van der Waals surface area contributed by atoms with Gasteiger partial charge in [0.1, 0.15) is 17.5 Å². The lowest BCUT2D eigenvalue weighted by Gasteiger charge is -2.15. The molecule has 114 valence electrons. The van der Waals surface area contributed by atoms with Gasteiger partial charge in [0.15, 0.2) is 11.5 Å². The van der Waals surface area contributed by atoms with Crippen LogP contribution in [0.25, 0.3) is 11.3 Å². The van der Waals surface area contributed by atoms with Gasteiger partial charge in [0.2, 0.25) is 11.7 Å². The minimum absolute atomic E-state index is 0.00335. The van der Waals surface area contributed by atoms with Crippen LogP contribution in [0.5, 0.6) is 17.2 Å². The van der Waals surface area contributed by atoms with E-state index < -0.39 is 0 Å². The van der Waals surface area contributed by atoms with Gasteiger partial charge in [-0.25, -0.2) is 4.98 Å². The summed E-state index contributed by atoms with van der Waals surface area (Å²) in [7, 11) is 2.81. The average molecular weight is 366 g/mol. The average Bonchev–Trinajstić information content (AvgIpc) is 2.47. The van der Waals surface area contributed by atoms with Gasteiger partial charge in [0.25, 0.3) is 0 Å². The van der Waals surface area contributed by atoms with Crippen LogP contribution in [0, 0.1) is 11.3 Å². The van der Waals surface area contributed by atoms with E-state index in [1.807, 2.05) is 6.07 Å². The monoisotopic (exact) mass is 365 g/mol. The second-order valence-corrected chi connectivity index (χ2v) is 4.98. The van der Waals surface area contributed by atoms with Gasteiger partial charge in [-0.15, -0.1) is 0 Å². The third kappa shape index (κ3) is 2.44. The molecule has 2 aromatic rings. The highest BCUT2D eigenvalue weighted by Crippen LogP contribution is 2.48. The Bertz CT molecular complexity index is 788. The normalized spacial score (nSPS) is 10.1. The summed E-state index contributed by atoms with van der Waals surface area (Å²) in [6.45, 7) is 0. The second kappa shape index (κ2) is 5.95. The van der Waals surface area contributed by atoms with Gasteiger partial charge in [-0.2, -0.15) is 10.2 Å². The molecule has 8 nitrogen and oxygen atoms in total. The van der Waals surface area contributed by atoms with Crippen LogP contribution in [0.2, 0.25) is 0 Å². The van der Waals surface area contributed by atoms with Crippen molar-refractivity contribution in [3.8, 4) is 34.6 Å². The molecule has 0 aliphatic heterocycles. The third-order valence-electron chi connectivity index (χ3n) is 2.89. The first-order valence-electron chi connectivity index (χ1n) is 5.91. The Balaban J connectivity index is 2.85. The van der Waals surface area contributed by atoms with Crippen LogP contribution in [0.4, 0.5) is 11.8 Å². The minimum Gasteiger partial charge on any atom is -0.504 e. The quantitative estimate of drug-likeness (QED) is 0.745. The number of methoxy groups -OCH3 is 2. The van der Waals surface area contributed by atoms with Gasteiger partial charge in [-0.3, -0.25) is 0 Å². The number of nitriles is 1. The van der Waals surface area contributed by atoms with Crippen molar-refractivity contribution in [3.63, 3.8) is 0 Å². The van der Waals surface area contributed by atoms with E-state index in [-0.39, 0.29) is 40.1 Å².